The SMILES string of the molecule is CCC(CC)C(=O)N1CCC(NC(=O)Nc2ccccc2C(C)(C)C)CC1. The third-order valence-corrected chi connectivity index (χ3v) is 5.46. The summed E-state index contributed by atoms with van der Waals surface area (Å²) in [4.78, 5) is 26.9. The second-order valence-electron chi connectivity index (χ2n) is 8.51. The van der Waals surface area contributed by atoms with Crippen LogP contribution in [-0.4, -0.2) is 36.0 Å². The smallest absolute Gasteiger partial charge is 0.319 e. The molecule has 5 heteroatoms. The number of nitrogens with zero attached hydrogens (tertiary/aromatic N) is 1. The van der Waals surface area contributed by atoms with Gasteiger partial charge in [-0.3, -0.25) is 4.79 Å². The van der Waals surface area contributed by atoms with Crippen molar-refractivity contribution in [3.8, 4) is 0 Å². The highest BCUT2D eigenvalue weighted by Gasteiger charge is 2.27. The normalized spacial score (nSPS) is 15.7. The number of anilines is 1. The largest absolute Gasteiger partial charge is 0.342 e. The molecule has 5 nitrogen and oxygen atoms in total. The molecule has 2 rings (SSSR count). The number of hydrogen-bond acceptors (Lipinski definition) is 2. The molecule has 150 valence electrons. The number of carbonyl (C=O) groups excluding carboxylic acids is 2. The van der Waals surface area contributed by atoms with E-state index in [-0.39, 0.29) is 29.3 Å². The van der Waals surface area contributed by atoms with Crippen molar-refractivity contribution in [1.82, 2.24) is 10.2 Å². The summed E-state index contributed by atoms with van der Waals surface area (Å²) in [5.41, 5.74) is 1.93. The molecule has 0 spiro atoms. The van der Waals surface area contributed by atoms with E-state index in [2.05, 4.69) is 51.3 Å². The summed E-state index contributed by atoms with van der Waals surface area (Å²) in [6.45, 7) is 12.0. The maximum absolute atomic E-state index is 12.5. The molecule has 0 aliphatic carbocycles. The first-order valence-electron chi connectivity index (χ1n) is 10.2. The van der Waals surface area contributed by atoms with Gasteiger partial charge in [0.1, 0.15) is 0 Å². The van der Waals surface area contributed by atoms with Gasteiger partial charge in [0, 0.05) is 30.7 Å². The molecule has 3 amide bonds. The molecule has 0 bridgehead atoms. The topological polar surface area (TPSA) is 61.4 Å². The number of rotatable bonds is 5. The van der Waals surface area contributed by atoms with Crippen LogP contribution in [0.5, 0.6) is 0 Å². The van der Waals surface area contributed by atoms with Crippen molar-refractivity contribution >= 4 is 17.6 Å². The quantitative estimate of drug-likeness (QED) is 0.796. The summed E-state index contributed by atoms with van der Waals surface area (Å²) in [7, 11) is 0. The third-order valence-electron chi connectivity index (χ3n) is 5.46. The van der Waals surface area contributed by atoms with E-state index < -0.39 is 0 Å². The van der Waals surface area contributed by atoms with Gasteiger partial charge in [-0.05, 0) is 42.7 Å². The first kappa shape index (κ1) is 21.3. The molecule has 1 fully saturated rings. The van der Waals surface area contributed by atoms with E-state index in [1.54, 1.807) is 0 Å². The Bertz CT molecular complexity index is 639. The number of para-hydroxylation sites is 1. The van der Waals surface area contributed by atoms with Crippen molar-refractivity contribution in [3.05, 3.63) is 29.8 Å². The van der Waals surface area contributed by atoms with E-state index >= 15 is 0 Å². The zero-order valence-corrected chi connectivity index (χ0v) is 17.5. The Labute approximate surface area is 163 Å². The zero-order chi connectivity index (χ0) is 20.0. The standard InChI is InChI=1S/C22H35N3O2/c1-6-16(7-2)20(26)25-14-12-17(13-15-25)23-21(27)24-19-11-9-8-10-18(19)22(3,4)5/h8-11,16-17H,6-7,12-15H2,1-5H3,(H2,23,24,27). The minimum Gasteiger partial charge on any atom is -0.342 e. The van der Waals surface area contributed by atoms with Gasteiger partial charge in [-0.2, -0.15) is 0 Å². The van der Waals surface area contributed by atoms with Crippen LogP contribution in [0.3, 0.4) is 0 Å². The number of amides is 3. The first-order chi connectivity index (χ1) is 12.8. The number of carbonyl (C=O) groups is 2. The second-order valence-corrected chi connectivity index (χ2v) is 8.51. The zero-order valence-electron chi connectivity index (χ0n) is 17.5. The summed E-state index contributed by atoms with van der Waals surface area (Å²) in [5.74, 6) is 0.397. The second kappa shape index (κ2) is 9.25. The van der Waals surface area contributed by atoms with Crippen LogP contribution >= 0.6 is 0 Å². The van der Waals surface area contributed by atoms with Crippen LogP contribution in [0.25, 0.3) is 0 Å². The van der Waals surface area contributed by atoms with E-state index in [4.69, 9.17) is 0 Å². The lowest BCUT2D eigenvalue weighted by atomic mass is 9.86. The van der Waals surface area contributed by atoms with Crippen LogP contribution in [0.2, 0.25) is 0 Å². The number of urea groups is 1. The van der Waals surface area contributed by atoms with E-state index in [0.29, 0.717) is 0 Å². The molecular formula is C22H35N3O2. The Morgan fingerprint density at radius 2 is 1.70 bits per heavy atom. The monoisotopic (exact) mass is 373 g/mol. The minimum absolute atomic E-state index is 0.0370. The molecule has 0 atom stereocenters. The van der Waals surface area contributed by atoms with Crippen LogP contribution in [-0.2, 0) is 10.2 Å². The van der Waals surface area contributed by atoms with Gasteiger partial charge in [-0.25, -0.2) is 4.79 Å². The van der Waals surface area contributed by atoms with Crippen molar-refractivity contribution in [2.24, 2.45) is 5.92 Å². The predicted molar refractivity (Wildman–Crippen MR) is 111 cm³/mol. The van der Waals surface area contributed by atoms with Crippen molar-refractivity contribution in [2.45, 2.75) is 71.8 Å². The molecule has 2 N–H and O–H groups in total. The van der Waals surface area contributed by atoms with Gasteiger partial charge in [-0.15, -0.1) is 0 Å². The van der Waals surface area contributed by atoms with E-state index in [1.807, 2.05) is 23.1 Å². The number of likely N-dealkylation sites (tertiary alicyclic amines) is 1. The highest BCUT2D eigenvalue weighted by Crippen LogP contribution is 2.29. The van der Waals surface area contributed by atoms with Crippen LogP contribution in [0, 0.1) is 5.92 Å². The number of hydrogen-bond donors (Lipinski definition) is 2. The number of benzene rings is 1. The van der Waals surface area contributed by atoms with Gasteiger partial charge in [0.2, 0.25) is 5.91 Å². The molecule has 1 aliphatic rings. The molecule has 0 saturated carbocycles. The summed E-state index contributed by atoms with van der Waals surface area (Å²) in [5, 5.41) is 6.08. The van der Waals surface area contributed by atoms with Crippen LogP contribution in [0.1, 0.15) is 65.9 Å². The Hall–Kier alpha value is -2.04. The average molecular weight is 374 g/mol. The van der Waals surface area contributed by atoms with Crippen LogP contribution in [0.15, 0.2) is 24.3 Å². The maximum atomic E-state index is 12.5. The highest BCUT2D eigenvalue weighted by molar-refractivity contribution is 5.90. The first-order valence-corrected chi connectivity index (χ1v) is 10.2. The minimum atomic E-state index is -0.170. The fourth-order valence-electron chi connectivity index (χ4n) is 3.73. The van der Waals surface area contributed by atoms with Crippen LogP contribution < -0.4 is 10.6 Å². The average Bonchev–Trinajstić information content (AvgIpc) is 2.62. The van der Waals surface area contributed by atoms with Gasteiger partial charge >= 0.3 is 6.03 Å². The van der Waals surface area contributed by atoms with Gasteiger partial charge in [0.25, 0.3) is 0 Å². The number of piperidine rings is 1. The van der Waals surface area contributed by atoms with E-state index in [1.165, 1.54) is 0 Å². The van der Waals surface area contributed by atoms with E-state index in [9.17, 15) is 9.59 Å². The molecule has 0 radical (unpaired) electrons. The summed E-state index contributed by atoms with van der Waals surface area (Å²) >= 11 is 0. The molecule has 0 aromatic heterocycles. The Morgan fingerprint density at radius 1 is 1.11 bits per heavy atom. The van der Waals surface area contributed by atoms with Crippen molar-refractivity contribution in [2.75, 3.05) is 18.4 Å². The lowest BCUT2D eigenvalue weighted by molar-refractivity contribution is -0.136. The fourth-order valence-corrected chi connectivity index (χ4v) is 3.73. The molecule has 1 aromatic rings. The van der Waals surface area contributed by atoms with Gasteiger partial charge in [-0.1, -0.05) is 52.8 Å². The highest BCUT2D eigenvalue weighted by atomic mass is 16.2. The Balaban J connectivity index is 1.88. The third kappa shape index (κ3) is 5.72. The summed E-state index contributed by atoms with van der Waals surface area (Å²) in [6, 6.07) is 7.87. The van der Waals surface area contributed by atoms with E-state index in [0.717, 1.165) is 50.0 Å². The summed E-state index contributed by atoms with van der Waals surface area (Å²) < 4.78 is 0. The molecule has 0 unspecified atom stereocenters. The molecule has 1 saturated heterocycles. The van der Waals surface area contributed by atoms with Gasteiger partial charge in [0.15, 0.2) is 0 Å². The molecule has 1 heterocycles. The van der Waals surface area contributed by atoms with Gasteiger partial charge < -0.3 is 15.5 Å². The fraction of sp³-hybridized carbons (Fsp3) is 0.636. The Kier molecular flexibility index (Phi) is 7.28. The lowest BCUT2D eigenvalue weighted by Crippen LogP contribution is -2.48. The Morgan fingerprint density at radius 3 is 2.26 bits per heavy atom. The molecule has 1 aliphatic heterocycles. The van der Waals surface area contributed by atoms with Crippen molar-refractivity contribution in [1.29, 1.82) is 0 Å². The van der Waals surface area contributed by atoms with Gasteiger partial charge in [0.05, 0.1) is 0 Å². The molecule has 27 heavy (non-hydrogen) atoms. The maximum Gasteiger partial charge on any atom is 0.319 e. The molecule has 1 aromatic carbocycles. The summed E-state index contributed by atoms with van der Waals surface area (Å²) in [6.07, 6.45) is 3.40. The molecular weight excluding hydrogens is 338 g/mol. The number of nitrogens with one attached hydrogen (secondary N) is 2. The predicted octanol–water partition coefficient (Wildman–Crippen LogP) is 4.53. The lowest BCUT2D eigenvalue weighted by Gasteiger charge is -2.34. The van der Waals surface area contributed by atoms with Crippen molar-refractivity contribution in [3.63, 3.8) is 0 Å². The van der Waals surface area contributed by atoms with Crippen molar-refractivity contribution < 1.29 is 9.59 Å². The van der Waals surface area contributed by atoms with Crippen LogP contribution in [0.4, 0.5) is 10.5 Å².